The molecule has 0 aliphatic heterocycles. The zero-order valence-electron chi connectivity index (χ0n) is 14.7. The lowest BCUT2D eigenvalue weighted by molar-refractivity contribution is 0.603. The van der Waals surface area contributed by atoms with E-state index in [-0.39, 0.29) is 10.3 Å². The summed E-state index contributed by atoms with van der Waals surface area (Å²) in [6.45, 7) is 4.96. The normalized spacial score (nSPS) is 11.5. The lowest BCUT2D eigenvalue weighted by atomic mass is 10.2. The highest BCUT2D eigenvalue weighted by Crippen LogP contribution is 2.23. The number of aromatic nitrogens is 1. The molecule has 2 heterocycles. The predicted octanol–water partition coefficient (Wildman–Crippen LogP) is 4.36. The van der Waals surface area contributed by atoms with Gasteiger partial charge in [0, 0.05) is 12.6 Å². The van der Waals surface area contributed by atoms with E-state index in [4.69, 9.17) is 0 Å². The van der Waals surface area contributed by atoms with Gasteiger partial charge < -0.3 is 4.90 Å². The van der Waals surface area contributed by atoms with E-state index in [1.807, 2.05) is 24.3 Å². The number of benzene rings is 1. The van der Waals surface area contributed by atoms with Crippen LogP contribution in [0.2, 0.25) is 0 Å². The van der Waals surface area contributed by atoms with Crippen molar-refractivity contribution in [2.24, 2.45) is 0 Å². The second kappa shape index (κ2) is 7.88. The summed E-state index contributed by atoms with van der Waals surface area (Å²) in [6, 6.07) is 17.3. The van der Waals surface area contributed by atoms with Crippen molar-refractivity contribution in [3.05, 3.63) is 71.7 Å². The Morgan fingerprint density at radius 2 is 1.85 bits per heavy atom. The highest BCUT2D eigenvalue weighted by atomic mass is 32.2. The van der Waals surface area contributed by atoms with Crippen LogP contribution in [-0.2, 0) is 16.6 Å². The molecule has 1 N–H and O–H groups in total. The van der Waals surface area contributed by atoms with E-state index in [0.717, 1.165) is 12.4 Å². The van der Waals surface area contributed by atoms with E-state index >= 15 is 0 Å². The molecule has 5 nitrogen and oxygen atoms in total. The van der Waals surface area contributed by atoms with Crippen LogP contribution < -0.4 is 9.62 Å². The standard InChI is InChI=1S/C19H21N3O2S2/c1-15(2)22(14-16-7-4-3-5-8-16)18-11-10-17(13-20-18)21-26(23,24)19-9-6-12-25-19/h3-13,15,21H,14H2,1-2H3. The number of nitrogens with zero attached hydrogens (tertiary/aromatic N) is 2. The Balaban J connectivity index is 1.77. The first-order valence-corrected chi connectivity index (χ1v) is 10.6. The first-order chi connectivity index (χ1) is 12.5. The van der Waals surface area contributed by atoms with E-state index in [1.165, 1.54) is 16.9 Å². The maximum atomic E-state index is 12.3. The van der Waals surface area contributed by atoms with Gasteiger partial charge >= 0.3 is 0 Å². The molecule has 0 aliphatic rings. The Morgan fingerprint density at radius 3 is 2.42 bits per heavy atom. The summed E-state index contributed by atoms with van der Waals surface area (Å²) in [5, 5.41) is 1.74. The summed E-state index contributed by atoms with van der Waals surface area (Å²) < 4.78 is 27.4. The molecule has 0 aliphatic carbocycles. The number of hydrogen-bond donors (Lipinski definition) is 1. The van der Waals surface area contributed by atoms with Gasteiger partial charge in [-0.05, 0) is 43.0 Å². The molecule has 1 aromatic carbocycles. The van der Waals surface area contributed by atoms with Gasteiger partial charge in [-0.15, -0.1) is 11.3 Å². The summed E-state index contributed by atoms with van der Waals surface area (Å²) in [5.41, 5.74) is 1.65. The molecule has 3 aromatic rings. The largest absolute Gasteiger partial charge is 0.350 e. The molecular formula is C19H21N3O2S2. The van der Waals surface area contributed by atoms with Crippen molar-refractivity contribution in [2.75, 3.05) is 9.62 Å². The van der Waals surface area contributed by atoms with Gasteiger partial charge in [0.2, 0.25) is 0 Å². The molecule has 0 saturated heterocycles. The van der Waals surface area contributed by atoms with Crippen molar-refractivity contribution >= 4 is 32.9 Å². The summed E-state index contributed by atoms with van der Waals surface area (Å²) in [5.74, 6) is 0.808. The quantitative estimate of drug-likeness (QED) is 0.654. The first kappa shape index (κ1) is 18.4. The lowest BCUT2D eigenvalue weighted by Crippen LogP contribution is -2.30. The Labute approximate surface area is 158 Å². The minimum Gasteiger partial charge on any atom is -0.350 e. The van der Waals surface area contributed by atoms with Crippen molar-refractivity contribution < 1.29 is 8.42 Å². The van der Waals surface area contributed by atoms with Crippen LogP contribution >= 0.6 is 11.3 Å². The fourth-order valence-electron chi connectivity index (χ4n) is 2.55. The molecule has 0 bridgehead atoms. The van der Waals surface area contributed by atoms with Gasteiger partial charge in [0.25, 0.3) is 10.0 Å². The molecule has 2 aromatic heterocycles. The zero-order chi connectivity index (χ0) is 18.6. The van der Waals surface area contributed by atoms with Crippen molar-refractivity contribution in [3.63, 3.8) is 0 Å². The molecule has 136 valence electrons. The third kappa shape index (κ3) is 4.42. The van der Waals surface area contributed by atoms with E-state index in [1.54, 1.807) is 29.8 Å². The molecule has 0 unspecified atom stereocenters. The van der Waals surface area contributed by atoms with Crippen molar-refractivity contribution in [3.8, 4) is 0 Å². The zero-order valence-corrected chi connectivity index (χ0v) is 16.3. The summed E-state index contributed by atoms with van der Waals surface area (Å²) >= 11 is 1.18. The summed E-state index contributed by atoms with van der Waals surface area (Å²) in [6.07, 6.45) is 1.56. The average Bonchev–Trinajstić information content (AvgIpc) is 3.17. The van der Waals surface area contributed by atoms with Gasteiger partial charge in [-0.25, -0.2) is 13.4 Å². The van der Waals surface area contributed by atoms with Gasteiger partial charge in [-0.1, -0.05) is 36.4 Å². The third-order valence-corrected chi connectivity index (χ3v) is 6.65. The van der Waals surface area contributed by atoms with Gasteiger partial charge in [0.15, 0.2) is 0 Å². The van der Waals surface area contributed by atoms with Crippen LogP contribution in [0.1, 0.15) is 19.4 Å². The van der Waals surface area contributed by atoms with Crippen molar-refractivity contribution in [1.29, 1.82) is 0 Å². The van der Waals surface area contributed by atoms with Crippen LogP contribution in [0.25, 0.3) is 0 Å². The average molecular weight is 388 g/mol. The fourth-order valence-corrected chi connectivity index (χ4v) is 4.58. The summed E-state index contributed by atoms with van der Waals surface area (Å²) in [4.78, 5) is 6.64. The minimum atomic E-state index is -3.55. The molecule has 26 heavy (non-hydrogen) atoms. The van der Waals surface area contributed by atoms with Crippen LogP contribution in [0.3, 0.4) is 0 Å². The number of sulfonamides is 1. The van der Waals surface area contributed by atoms with Crippen LogP contribution in [-0.4, -0.2) is 19.4 Å². The fraction of sp³-hybridized carbons (Fsp3) is 0.211. The molecule has 0 radical (unpaired) electrons. The lowest BCUT2D eigenvalue weighted by Gasteiger charge is -2.28. The highest BCUT2D eigenvalue weighted by molar-refractivity contribution is 7.94. The van der Waals surface area contributed by atoms with E-state index in [0.29, 0.717) is 5.69 Å². The second-order valence-electron chi connectivity index (χ2n) is 6.15. The molecule has 0 atom stereocenters. The molecular weight excluding hydrogens is 366 g/mol. The smallest absolute Gasteiger partial charge is 0.271 e. The molecule has 3 rings (SSSR count). The Hall–Kier alpha value is -2.38. The molecule has 0 fully saturated rings. The van der Waals surface area contributed by atoms with Crippen molar-refractivity contribution in [1.82, 2.24) is 4.98 Å². The highest BCUT2D eigenvalue weighted by Gasteiger charge is 2.16. The van der Waals surface area contributed by atoms with Crippen LogP contribution in [0.15, 0.2) is 70.4 Å². The van der Waals surface area contributed by atoms with E-state index < -0.39 is 10.0 Å². The van der Waals surface area contributed by atoms with Gasteiger partial charge in [-0.2, -0.15) is 0 Å². The van der Waals surface area contributed by atoms with Crippen LogP contribution in [0.5, 0.6) is 0 Å². The van der Waals surface area contributed by atoms with Gasteiger partial charge in [-0.3, -0.25) is 4.72 Å². The maximum Gasteiger partial charge on any atom is 0.271 e. The Bertz CT molecular complexity index is 923. The van der Waals surface area contributed by atoms with Gasteiger partial charge in [0.05, 0.1) is 11.9 Å². The van der Waals surface area contributed by atoms with Gasteiger partial charge in [0.1, 0.15) is 10.0 Å². The van der Waals surface area contributed by atoms with E-state index in [2.05, 4.69) is 40.6 Å². The molecule has 0 spiro atoms. The number of hydrogen-bond acceptors (Lipinski definition) is 5. The first-order valence-electron chi connectivity index (χ1n) is 8.28. The topological polar surface area (TPSA) is 62.3 Å². The molecule has 7 heteroatoms. The maximum absolute atomic E-state index is 12.3. The van der Waals surface area contributed by atoms with E-state index in [9.17, 15) is 8.42 Å². The number of rotatable bonds is 7. The Morgan fingerprint density at radius 1 is 1.08 bits per heavy atom. The SMILES string of the molecule is CC(C)N(Cc1ccccc1)c1ccc(NS(=O)(=O)c2cccs2)cn1. The Kier molecular flexibility index (Phi) is 5.58. The van der Waals surface area contributed by atoms with Crippen LogP contribution in [0, 0.1) is 0 Å². The molecule has 0 amide bonds. The van der Waals surface area contributed by atoms with Crippen molar-refractivity contribution in [2.45, 2.75) is 30.6 Å². The number of pyridine rings is 1. The second-order valence-corrected chi connectivity index (χ2v) is 9.01. The predicted molar refractivity (Wildman–Crippen MR) is 107 cm³/mol. The molecule has 0 saturated carbocycles. The number of thiophene rings is 1. The number of nitrogens with one attached hydrogen (secondary N) is 1. The minimum absolute atomic E-state index is 0.261. The number of anilines is 2. The van der Waals surface area contributed by atoms with Crippen LogP contribution in [0.4, 0.5) is 11.5 Å². The summed E-state index contributed by atoms with van der Waals surface area (Å²) in [7, 11) is -3.55. The monoisotopic (exact) mass is 387 g/mol. The third-order valence-electron chi connectivity index (χ3n) is 3.87.